The van der Waals surface area contributed by atoms with Gasteiger partial charge in [-0.25, -0.2) is 4.98 Å². The van der Waals surface area contributed by atoms with E-state index in [1.165, 1.54) is 0 Å². The van der Waals surface area contributed by atoms with E-state index in [1.54, 1.807) is 10.9 Å². The Balaban J connectivity index is 2.30. The number of nitrogen functional groups attached to an aromatic ring is 1. The molecule has 0 aliphatic rings. The van der Waals surface area contributed by atoms with E-state index in [0.717, 1.165) is 18.5 Å². The van der Waals surface area contributed by atoms with Gasteiger partial charge in [-0.05, 0) is 13.8 Å². The highest BCUT2D eigenvalue weighted by molar-refractivity contribution is 5.45. The van der Waals surface area contributed by atoms with Crippen LogP contribution in [0.25, 0.3) is 0 Å². The van der Waals surface area contributed by atoms with Gasteiger partial charge < -0.3 is 10.5 Å². The monoisotopic (exact) mass is 247 g/mol. The van der Waals surface area contributed by atoms with Gasteiger partial charge in [-0.15, -0.1) is 0 Å². The second-order valence-electron chi connectivity index (χ2n) is 3.94. The van der Waals surface area contributed by atoms with Gasteiger partial charge in [0, 0.05) is 13.0 Å². The lowest BCUT2D eigenvalue weighted by Crippen LogP contribution is -2.04. The van der Waals surface area contributed by atoms with Gasteiger partial charge in [-0.2, -0.15) is 10.1 Å². The summed E-state index contributed by atoms with van der Waals surface area (Å²) < 4.78 is 7.49. The Hall–Kier alpha value is -2.11. The van der Waals surface area contributed by atoms with Gasteiger partial charge >= 0.3 is 0 Å². The zero-order valence-corrected chi connectivity index (χ0v) is 10.8. The molecule has 0 atom stereocenters. The summed E-state index contributed by atoms with van der Waals surface area (Å²) in [5, 5.41) is 4.14. The highest BCUT2D eigenvalue weighted by Gasteiger charge is 2.11. The molecule has 2 rings (SSSR count). The Kier molecular flexibility index (Phi) is 3.45. The van der Waals surface area contributed by atoms with E-state index in [9.17, 15) is 0 Å². The van der Waals surface area contributed by atoms with Crippen molar-refractivity contribution in [3.63, 3.8) is 0 Å². The van der Waals surface area contributed by atoms with Crippen molar-refractivity contribution in [3.05, 3.63) is 23.8 Å². The van der Waals surface area contributed by atoms with Crippen LogP contribution in [0.5, 0.6) is 11.6 Å². The zero-order valence-electron chi connectivity index (χ0n) is 10.8. The normalized spacial score (nSPS) is 10.6. The minimum Gasteiger partial charge on any atom is -0.435 e. The molecule has 2 aromatic rings. The van der Waals surface area contributed by atoms with E-state index in [4.69, 9.17) is 10.5 Å². The van der Waals surface area contributed by atoms with Crippen LogP contribution in [0.3, 0.4) is 0 Å². The Labute approximate surface area is 106 Å². The Morgan fingerprint density at radius 2 is 2.11 bits per heavy atom. The summed E-state index contributed by atoms with van der Waals surface area (Å²) in [7, 11) is 0. The lowest BCUT2D eigenvalue weighted by molar-refractivity contribution is 0.454. The standard InChI is InChI=1S/C12H17N5O/c1-4-10-15-11(13)8(3)12(16-10)18-9-6-14-17(5-2)7-9/h6-7H,4-5H2,1-3H3,(H2,13,15,16). The topological polar surface area (TPSA) is 78.9 Å². The van der Waals surface area contributed by atoms with Gasteiger partial charge in [0.25, 0.3) is 0 Å². The van der Waals surface area contributed by atoms with Crippen LogP contribution >= 0.6 is 0 Å². The SMILES string of the molecule is CCc1nc(N)c(C)c(Oc2cnn(CC)c2)n1. The zero-order chi connectivity index (χ0) is 13.1. The van der Waals surface area contributed by atoms with Crippen molar-refractivity contribution in [2.75, 3.05) is 5.73 Å². The van der Waals surface area contributed by atoms with Crippen LogP contribution in [-0.4, -0.2) is 19.7 Å². The summed E-state index contributed by atoms with van der Waals surface area (Å²) in [4.78, 5) is 8.51. The largest absolute Gasteiger partial charge is 0.435 e. The number of hydrogen-bond acceptors (Lipinski definition) is 5. The molecular weight excluding hydrogens is 230 g/mol. The third kappa shape index (κ3) is 2.42. The van der Waals surface area contributed by atoms with Crippen LogP contribution < -0.4 is 10.5 Å². The molecule has 2 N–H and O–H groups in total. The van der Waals surface area contributed by atoms with E-state index >= 15 is 0 Å². The van der Waals surface area contributed by atoms with Crippen molar-refractivity contribution in [1.82, 2.24) is 19.7 Å². The molecule has 0 amide bonds. The van der Waals surface area contributed by atoms with Gasteiger partial charge in [-0.3, -0.25) is 4.68 Å². The fourth-order valence-corrected chi connectivity index (χ4v) is 1.50. The third-order valence-electron chi connectivity index (χ3n) is 2.65. The van der Waals surface area contributed by atoms with Gasteiger partial charge in [0.15, 0.2) is 5.75 Å². The van der Waals surface area contributed by atoms with Crippen molar-refractivity contribution in [2.45, 2.75) is 33.7 Å². The number of ether oxygens (including phenoxy) is 1. The fourth-order valence-electron chi connectivity index (χ4n) is 1.50. The lowest BCUT2D eigenvalue weighted by atomic mass is 10.3. The van der Waals surface area contributed by atoms with Gasteiger partial charge in [0.1, 0.15) is 11.6 Å². The van der Waals surface area contributed by atoms with E-state index < -0.39 is 0 Å². The summed E-state index contributed by atoms with van der Waals surface area (Å²) in [5.41, 5.74) is 6.58. The van der Waals surface area contributed by atoms with E-state index in [1.807, 2.05) is 27.0 Å². The molecule has 0 bridgehead atoms. The summed E-state index contributed by atoms with van der Waals surface area (Å²) >= 11 is 0. The van der Waals surface area contributed by atoms with Crippen LogP contribution in [0.15, 0.2) is 12.4 Å². The number of hydrogen-bond donors (Lipinski definition) is 1. The second kappa shape index (κ2) is 5.03. The number of nitrogens with zero attached hydrogens (tertiary/aromatic N) is 4. The van der Waals surface area contributed by atoms with E-state index in [0.29, 0.717) is 23.3 Å². The maximum absolute atomic E-state index is 5.83. The predicted molar refractivity (Wildman–Crippen MR) is 68.5 cm³/mol. The number of aromatic nitrogens is 4. The average molecular weight is 247 g/mol. The molecule has 6 heteroatoms. The molecule has 0 aliphatic heterocycles. The summed E-state index contributed by atoms with van der Waals surface area (Å²) in [5.74, 6) is 2.28. The van der Waals surface area contributed by atoms with Crippen molar-refractivity contribution in [2.24, 2.45) is 0 Å². The third-order valence-corrected chi connectivity index (χ3v) is 2.65. The predicted octanol–water partition coefficient (Wildman–Crippen LogP) is 1.94. The lowest BCUT2D eigenvalue weighted by Gasteiger charge is -2.08. The molecule has 0 saturated carbocycles. The van der Waals surface area contributed by atoms with Crippen LogP contribution in [0.2, 0.25) is 0 Å². The number of aryl methyl sites for hydroxylation is 2. The Morgan fingerprint density at radius 3 is 2.72 bits per heavy atom. The first kappa shape index (κ1) is 12.3. The van der Waals surface area contributed by atoms with Gasteiger partial charge in [-0.1, -0.05) is 6.92 Å². The van der Waals surface area contributed by atoms with E-state index in [2.05, 4.69) is 15.1 Å². The maximum Gasteiger partial charge on any atom is 0.227 e. The average Bonchev–Trinajstić information content (AvgIpc) is 2.82. The van der Waals surface area contributed by atoms with Crippen molar-refractivity contribution in [3.8, 4) is 11.6 Å². The highest BCUT2D eigenvalue weighted by atomic mass is 16.5. The minimum atomic E-state index is 0.458. The quantitative estimate of drug-likeness (QED) is 0.893. The summed E-state index contributed by atoms with van der Waals surface area (Å²) in [6, 6.07) is 0. The first-order valence-corrected chi connectivity index (χ1v) is 5.97. The number of anilines is 1. The van der Waals surface area contributed by atoms with Crippen LogP contribution in [0, 0.1) is 6.92 Å². The molecule has 0 spiro atoms. The van der Waals surface area contributed by atoms with Crippen molar-refractivity contribution >= 4 is 5.82 Å². The molecule has 2 aromatic heterocycles. The molecule has 2 heterocycles. The first-order chi connectivity index (χ1) is 8.63. The van der Waals surface area contributed by atoms with Crippen molar-refractivity contribution in [1.29, 1.82) is 0 Å². The first-order valence-electron chi connectivity index (χ1n) is 5.97. The van der Waals surface area contributed by atoms with Crippen LogP contribution in [0.1, 0.15) is 25.2 Å². The molecular formula is C12H17N5O. The Morgan fingerprint density at radius 1 is 1.33 bits per heavy atom. The van der Waals surface area contributed by atoms with Crippen LogP contribution in [0.4, 0.5) is 5.82 Å². The number of rotatable bonds is 4. The number of nitrogens with two attached hydrogens (primary N) is 1. The molecule has 6 nitrogen and oxygen atoms in total. The van der Waals surface area contributed by atoms with E-state index in [-0.39, 0.29) is 0 Å². The highest BCUT2D eigenvalue weighted by Crippen LogP contribution is 2.25. The summed E-state index contributed by atoms with van der Waals surface area (Å²) in [6.07, 6.45) is 4.20. The molecule has 18 heavy (non-hydrogen) atoms. The van der Waals surface area contributed by atoms with Gasteiger partial charge in [0.05, 0.1) is 18.0 Å². The van der Waals surface area contributed by atoms with Crippen LogP contribution in [-0.2, 0) is 13.0 Å². The molecule has 0 unspecified atom stereocenters. The molecule has 0 aromatic carbocycles. The van der Waals surface area contributed by atoms with Gasteiger partial charge in [0.2, 0.25) is 5.88 Å². The molecule has 96 valence electrons. The molecule has 0 aliphatic carbocycles. The summed E-state index contributed by atoms with van der Waals surface area (Å²) in [6.45, 7) is 6.63. The maximum atomic E-state index is 5.83. The molecule has 0 saturated heterocycles. The van der Waals surface area contributed by atoms with Crippen molar-refractivity contribution < 1.29 is 4.74 Å². The molecule has 0 fully saturated rings. The Bertz CT molecular complexity index is 549. The smallest absolute Gasteiger partial charge is 0.227 e. The fraction of sp³-hybridized carbons (Fsp3) is 0.417. The minimum absolute atomic E-state index is 0.458. The second-order valence-corrected chi connectivity index (χ2v) is 3.94. The molecule has 0 radical (unpaired) electrons.